The first kappa shape index (κ1) is 12.9. The van der Waals surface area contributed by atoms with E-state index < -0.39 is 0 Å². The lowest BCUT2D eigenvalue weighted by Crippen LogP contribution is -2.30. The smallest absolute Gasteiger partial charge is 0.105 e. The lowest BCUT2D eigenvalue weighted by molar-refractivity contribution is 0.428. The second kappa shape index (κ2) is 5.87. The average Bonchev–Trinajstić information content (AvgIpc) is 2.82. The molecule has 96 valence electrons. The van der Waals surface area contributed by atoms with Gasteiger partial charge in [0.2, 0.25) is 0 Å². The number of hydrogen-bond acceptors (Lipinski definition) is 2. The van der Waals surface area contributed by atoms with E-state index in [1.54, 1.807) is 6.26 Å². The summed E-state index contributed by atoms with van der Waals surface area (Å²) in [7, 11) is 0. The first-order valence-electron chi connectivity index (χ1n) is 6.51. The van der Waals surface area contributed by atoms with Crippen molar-refractivity contribution in [3.8, 4) is 0 Å². The van der Waals surface area contributed by atoms with E-state index in [1.165, 1.54) is 11.1 Å². The molecule has 0 saturated carbocycles. The maximum atomic E-state index is 5.38. The van der Waals surface area contributed by atoms with Crippen LogP contribution < -0.4 is 5.32 Å². The summed E-state index contributed by atoms with van der Waals surface area (Å²) in [5, 5.41) is 3.62. The van der Waals surface area contributed by atoms with E-state index in [0.717, 1.165) is 12.2 Å². The van der Waals surface area contributed by atoms with Crippen molar-refractivity contribution in [3.63, 3.8) is 0 Å². The predicted octanol–water partition coefficient (Wildman–Crippen LogP) is 3.87. The summed E-state index contributed by atoms with van der Waals surface area (Å²) in [6, 6.07) is 13.2. The van der Waals surface area contributed by atoms with Crippen LogP contribution in [0.1, 0.15) is 36.8 Å². The van der Waals surface area contributed by atoms with Gasteiger partial charge in [0.15, 0.2) is 0 Å². The molecule has 0 amide bonds. The first-order valence-corrected chi connectivity index (χ1v) is 6.51. The quantitative estimate of drug-likeness (QED) is 0.862. The Labute approximate surface area is 109 Å². The molecule has 2 heteroatoms. The van der Waals surface area contributed by atoms with Gasteiger partial charge in [-0.3, -0.25) is 0 Å². The molecular weight excluding hydrogens is 222 g/mol. The molecule has 0 fully saturated rings. The van der Waals surface area contributed by atoms with Gasteiger partial charge in [0.05, 0.1) is 6.26 Å². The molecule has 1 aromatic carbocycles. The third kappa shape index (κ3) is 3.23. The van der Waals surface area contributed by atoms with Crippen LogP contribution in [0.4, 0.5) is 0 Å². The third-order valence-electron chi connectivity index (χ3n) is 3.28. The van der Waals surface area contributed by atoms with Crippen LogP contribution in [-0.2, 0) is 6.42 Å². The second-order valence-corrected chi connectivity index (χ2v) is 4.93. The van der Waals surface area contributed by atoms with Crippen molar-refractivity contribution in [2.45, 2.75) is 39.3 Å². The molecular formula is C16H21NO. The average molecular weight is 243 g/mol. The van der Waals surface area contributed by atoms with E-state index in [9.17, 15) is 0 Å². The van der Waals surface area contributed by atoms with Crippen LogP contribution >= 0.6 is 0 Å². The summed E-state index contributed by atoms with van der Waals surface area (Å²) in [5.41, 5.74) is 2.70. The van der Waals surface area contributed by atoms with Gasteiger partial charge in [0.1, 0.15) is 5.76 Å². The van der Waals surface area contributed by atoms with Crippen LogP contribution in [0.5, 0.6) is 0 Å². The predicted molar refractivity (Wildman–Crippen MR) is 74.6 cm³/mol. The van der Waals surface area contributed by atoms with Gasteiger partial charge < -0.3 is 9.73 Å². The van der Waals surface area contributed by atoms with Gasteiger partial charge in [0, 0.05) is 18.5 Å². The maximum absolute atomic E-state index is 5.38. The van der Waals surface area contributed by atoms with Crippen molar-refractivity contribution in [2.24, 2.45) is 0 Å². The van der Waals surface area contributed by atoms with Crippen LogP contribution in [0.25, 0.3) is 0 Å². The Kier molecular flexibility index (Phi) is 4.21. The first-order chi connectivity index (χ1) is 8.66. The van der Waals surface area contributed by atoms with E-state index in [-0.39, 0.29) is 0 Å². The molecule has 1 heterocycles. The molecule has 0 aliphatic heterocycles. The van der Waals surface area contributed by atoms with Gasteiger partial charge in [-0.2, -0.15) is 0 Å². The van der Waals surface area contributed by atoms with E-state index in [4.69, 9.17) is 4.42 Å². The molecule has 18 heavy (non-hydrogen) atoms. The molecule has 2 nitrogen and oxygen atoms in total. The molecule has 2 aromatic rings. The highest BCUT2D eigenvalue weighted by Crippen LogP contribution is 2.17. The minimum Gasteiger partial charge on any atom is -0.469 e. The summed E-state index contributed by atoms with van der Waals surface area (Å²) in [4.78, 5) is 0. The van der Waals surface area contributed by atoms with E-state index in [1.807, 2.05) is 12.1 Å². The molecule has 2 rings (SSSR count). The zero-order valence-electron chi connectivity index (χ0n) is 11.3. The van der Waals surface area contributed by atoms with Crippen molar-refractivity contribution in [1.29, 1.82) is 0 Å². The summed E-state index contributed by atoms with van der Waals surface area (Å²) in [5.74, 6) is 1.03. The second-order valence-electron chi connectivity index (χ2n) is 4.93. The Morgan fingerprint density at radius 1 is 1.11 bits per heavy atom. The van der Waals surface area contributed by atoms with Gasteiger partial charge in [-0.1, -0.05) is 24.3 Å². The van der Waals surface area contributed by atoms with Crippen molar-refractivity contribution in [3.05, 3.63) is 59.5 Å². The highest BCUT2D eigenvalue weighted by molar-refractivity contribution is 5.28. The number of furan rings is 1. The fraction of sp³-hybridized carbons (Fsp3) is 0.375. The molecule has 2 unspecified atom stereocenters. The van der Waals surface area contributed by atoms with Gasteiger partial charge in [0.25, 0.3) is 0 Å². The Bertz CT molecular complexity index is 476. The largest absolute Gasteiger partial charge is 0.469 e. The van der Waals surface area contributed by atoms with Crippen molar-refractivity contribution in [2.75, 3.05) is 0 Å². The van der Waals surface area contributed by atoms with E-state index in [0.29, 0.717) is 12.1 Å². The lowest BCUT2D eigenvalue weighted by Gasteiger charge is -2.21. The SMILES string of the molecule is Cc1ccccc1C(C)NC(C)Cc1ccco1. The van der Waals surface area contributed by atoms with Crippen LogP contribution in [0.2, 0.25) is 0 Å². The molecule has 0 saturated heterocycles. The Hall–Kier alpha value is -1.54. The van der Waals surface area contributed by atoms with Gasteiger partial charge in [-0.25, -0.2) is 0 Å². The minimum absolute atomic E-state index is 0.358. The highest BCUT2D eigenvalue weighted by atomic mass is 16.3. The summed E-state index contributed by atoms with van der Waals surface area (Å²) >= 11 is 0. The van der Waals surface area contributed by atoms with Gasteiger partial charge >= 0.3 is 0 Å². The van der Waals surface area contributed by atoms with Crippen LogP contribution in [0.15, 0.2) is 47.1 Å². The monoisotopic (exact) mass is 243 g/mol. The molecule has 2 atom stereocenters. The standard InChI is InChI=1S/C16H21NO/c1-12-7-4-5-9-16(12)14(3)17-13(2)11-15-8-6-10-18-15/h4-10,13-14,17H,11H2,1-3H3. The van der Waals surface area contributed by atoms with Crippen LogP contribution in [0.3, 0.4) is 0 Å². The lowest BCUT2D eigenvalue weighted by atomic mass is 10.0. The van der Waals surface area contributed by atoms with E-state index in [2.05, 4.69) is 50.4 Å². The van der Waals surface area contributed by atoms with Gasteiger partial charge in [-0.05, 0) is 44.0 Å². The van der Waals surface area contributed by atoms with Crippen LogP contribution in [0, 0.1) is 6.92 Å². The molecule has 0 aliphatic rings. The zero-order valence-corrected chi connectivity index (χ0v) is 11.3. The summed E-state index contributed by atoms with van der Waals surface area (Å²) in [6.07, 6.45) is 2.65. The molecule has 1 N–H and O–H groups in total. The molecule has 1 aromatic heterocycles. The fourth-order valence-corrected chi connectivity index (χ4v) is 2.38. The number of benzene rings is 1. The number of rotatable bonds is 5. The highest BCUT2D eigenvalue weighted by Gasteiger charge is 2.12. The fourth-order valence-electron chi connectivity index (χ4n) is 2.38. The normalized spacial score (nSPS) is 14.4. The summed E-state index contributed by atoms with van der Waals surface area (Å²) in [6.45, 7) is 6.56. The van der Waals surface area contributed by atoms with Crippen molar-refractivity contribution < 1.29 is 4.42 Å². The maximum Gasteiger partial charge on any atom is 0.105 e. The molecule has 0 radical (unpaired) electrons. The minimum atomic E-state index is 0.358. The Morgan fingerprint density at radius 3 is 2.56 bits per heavy atom. The topological polar surface area (TPSA) is 25.2 Å². The molecule has 0 spiro atoms. The molecule has 0 aliphatic carbocycles. The van der Waals surface area contributed by atoms with Crippen molar-refractivity contribution >= 4 is 0 Å². The Balaban J connectivity index is 1.95. The number of aryl methyl sites for hydroxylation is 1. The number of hydrogen-bond donors (Lipinski definition) is 1. The third-order valence-corrected chi connectivity index (χ3v) is 3.28. The van der Waals surface area contributed by atoms with Crippen molar-refractivity contribution in [1.82, 2.24) is 5.32 Å². The van der Waals surface area contributed by atoms with E-state index >= 15 is 0 Å². The molecule has 0 bridgehead atoms. The Morgan fingerprint density at radius 2 is 1.89 bits per heavy atom. The zero-order chi connectivity index (χ0) is 13.0. The van der Waals surface area contributed by atoms with Gasteiger partial charge in [-0.15, -0.1) is 0 Å². The van der Waals surface area contributed by atoms with Crippen LogP contribution in [-0.4, -0.2) is 6.04 Å². The number of nitrogens with one attached hydrogen (secondary N) is 1. The summed E-state index contributed by atoms with van der Waals surface area (Å²) < 4.78 is 5.38.